The zero-order chi connectivity index (χ0) is 13.3. The fourth-order valence-electron chi connectivity index (χ4n) is 2.27. The highest BCUT2D eigenvalue weighted by Gasteiger charge is 2.41. The van der Waals surface area contributed by atoms with Crippen LogP contribution in [0, 0.1) is 12.3 Å². The fourth-order valence-corrected chi connectivity index (χ4v) is 2.27. The summed E-state index contributed by atoms with van der Waals surface area (Å²) in [5, 5.41) is 0. The Hall–Kier alpha value is -1.52. The molecule has 1 aliphatic rings. The summed E-state index contributed by atoms with van der Waals surface area (Å²) in [4.78, 5) is 15.9. The highest BCUT2D eigenvalue weighted by molar-refractivity contribution is 5.92. The Labute approximate surface area is 107 Å². The number of hydrogen-bond acceptors (Lipinski definition) is 4. The Bertz CT molecular complexity index is 461. The molecule has 0 aliphatic heterocycles. The number of rotatable bonds is 5. The quantitative estimate of drug-likeness (QED) is 0.814. The number of aryl methyl sites for hydroxylation is 1. The molecule has 5 nitrogen and oxygen atoms in total. The maximum Gasteiger partial charge on any atom is 0.360 e. The maximum absolute atomic E-state index is 11.7. The van der Waals surface area contributed by atoms with Crippen LogP contribution in [0.2, 0.25) is 0 Å². The van der Waals surface area contributed by atoms with Gasteiger partial charge in [0.15, 0.2) is 5.69 Å². The van der Waals surface area contributed by atoms with E-state index < -0.39 is 5.97 Å². The Balaban J connectivity index is 2.24. The first-order valence-electron chi connectivity index (χ1n) is 6.52. The van der Waals surface area contributed by atoms with E-state index in [1.165, 1.54) is 12.8 Å². The monoisotopic (exact) mass is 251 g/mol. The van der Waals surface area contributed by atoms with Crippen molar-refractivity contribution in [1.82, 2.24) is 9.55 Å². The number of nitrogens with two attached hydrogens (primary N) is 1. The molecule has 2 N–H and O–H groups in total. The largest absolute Gasteiger partial charge is 0.461 e. The maximum atomic E-state index is 11.7. The van der Waals surface area contributed by atoms with Gasteiger partial charge in [-0.25, -0.2) is 9.78 Å². The Kier molecular flexibility index (Phi) is 3.32. The van der Waals surface area contributed by atoms with Gasteiger partial charge in [-0.05, 0) is 38.5 Å². The van der Waals surface area contributed by atoms with Crippen LogP contribution in [0.3, 0.4) is 0 Å². The first-order valence-corrected chi connectivity index (χ1v) is 6.52. The van der Waals surface area contributed by atoms with Crippen LogP contribution in [0.15, 0.2) is 0 Å². The van der Waals surface area contributed by atoms with E-state index in [1.54, 1.807) is 6.92 Å². The van der Waals surface area contributed by atoms with Gasteiger partial charge < -0.3 is 15.0 Å². The summed E-state index contributed by atoms with van der Waals surface area (Å²) in [7, 11) is 0. The third kappa shape index (κ3) is 2.21. The molecule has 1 aromatic heterocycles. The van der Waals surface area contributed by atoms with Gasteiger partial charge in [-0.2, -0.15) is 0 Å². The molecular weight excluding hydrogens is 230 g/mol. The lowest BCUT2D eigenvalue weighted by Crippen LogP contribution is -2.15. The van der Waals surface area contributed by atoms with Crippen LogP contribution in [0.25, 0.3) is 0 Å². The summed E-state index contributed by atoms with van der Waals surface area (Å²) in [5.41, 5.74) is 6.64. The average molecular weight is 251 g/mol. The second-order valence-electron chi connectivity index (χ2n) is 5.05. The molecule has 0 bridgehead atoms. The molecule has 100 valence electrons. The number of nitrogen functional groups attached to an aromatic ring is 1. The first kappa shape index (κ1) is 12.9. The highest BCUT2D eigenvalue weighted by Crippen LogP contribution is 2.50. The highest BCUT2D eigenvalue weighted by atomic mass is 16.5. The topological polar surface area (TPSA) is 70.1 Å². The first-order chi connectivity index (χ1) is 8.53. The number of carbonyl (C=O) groups is 1. The molecule has 0 aromatic carbocycles. The lowest BCUT2D eigenvalue weighted by Gasteiger charge is -2.15. The van der Waals surface area contributed by atoms with E-state index in [-0.39, 0.29) is 5.69 Å². The normalized spacial score (nSPS) is 16.6. The van der Waals surface area contributed by atoms with Crippen molar-refractivity contribution in [3.8, 4) is 0 Å². The van der Waals surface area contributed by atoms with Crippen LogP contribution >= 0.6 is 0 Å². The summed E-state index contributed by atoms with van der Waals surface area (Å²) >= 11 is 0. The van der Waals surface area contributed by atoms with Gasteiger partial charge in [0.1, 0.15) is 11.6 Å². The van der Waals surface area contributed by atoms with Gasteiger partial charge in [-0.1, -0.05) is 6.92 Å². The lowest BCUT2D eigenvalue weighted by atomic mass is 10.0. The van der Waals surface area contributed by atoms with E-state index in [0.717, 1.165) is 18.8 Å². The Morgan fingerprint density at radius 3 is 2.67 bits per heavy atom. The van der Waals surface area contributed by atoms with Crippen molar-refractivity contribution in [3.63, 3.8) is 0 Å². The zero-order valence-electron chi connectivity index (χ0n) is 11.3. The van der Waals surface area contributed by atoms with Crippen LogP contribution in [-0.4, -0.2) is 22.1 Å². The summed E-state index contributed by atoms with van der Waals surface area (Å²) < 4.78 is 6.90. The molecule has 1 heterocycles. The smallest absolute Gasteiger partial charge is 0.360 e. The summed E-state index contributed by atoms with van der Waals surface area (Å²) in [6.07, 6.45) is 3.60. The van der Waals surface area contributed by atoms with Crippen LogP contribution in [0.1, 0.15) is 49.4 Å². The lowest BCUT2D eigenvalue weighted by molar-refractivity contribution is 0.0521. The molecule has 2 rings (SSSR count). The van der Waals surface area contributed by atoms with E-state index >= 15 is 0 Å². The van der Waals surface area contributed by atoms with Crippen LogP contribution in [0.5, 0.6) is 0 Å². The van der Waals surface area contributed by atoms with Crippen LogP contribution in [-0.2, 0) is 11.3 Å². The van der Waals surface area contributed by atoms with Gasteiger partial charge in [0.25, 0.3) is 0 Å². The van der Waals surface area contributed by atoms with Gasteiger partial charge in [0.05, 0.1) is 6.61 Å². The Morgan fingerprint density at radius 2 is 2.17 bits per heavy atom. The molecule has 0 radical (unpaired) electrons. The van der Waals surface area contributed by atoms with Gasteiger partial charge in [0.2, 0.25) is 0 Å². The summed E-state index contributed by atoms with van der Waals surface area (Å²) in [6.45, 7) is 7.04. The SMILES string of the molecule is CCOC(=O)c1nc(C)n(CC2(CC)CC2)c1N. The van der Waals surface area contributed by atoms with E-state index in [4.69, 9.17) is 10.5 Å². The minimum atomic E-state index is -0.432. The number of imidazole rings is 1. The molecule has 0 atom stereocenters. The van der Waals surface area contributed by atoms with Gasteiger partial charge in [-0.15, -0.1) is 0 Å². The van der Waals surface area contributed by atoms with Crippen LogP contribution < -0.4 is 5.73 Å². The molecule has 1 aliphatic carbocycles. The predicted octanol–water partition coefficient (Wildman–Crippen LogP) is 2.14. The predicted molar refractivity (Wildman–Crippen MR) is 69.3 cm³/mol. The fraction of sp³-hybridized carbons (Fsp3) is 0.692. The van der Waals surface area contributed by atoms with E-state index in [1.807, 2.05) is 11.5 Å². The molecule has 5 heteroatoms. The number of anilines is 1. The van der Waals surface area contributed by atoms with Crippen molar-refractivity contribution in [3.05, 3.63) is 11.5 Å². The number of ether oxygens (including phenoxy) is 1. The van der Waals surface area contributed by atoms with Crippen LogP contribution in [0.4, 0.5) is 5.82 Å². The standard InChI is InChI=1S/C13H21N3O2/c1-4-13(6-7-13)8-16-9(3)15-10(11(16)14)12(17)18-5-2/h4-8,14H2,1-3H3. The van der Waals surface area contributed by atoms with Gasteiger partial charge in [-0.3, -0.25) is 0 Å². The number of nitrogens with zero attached hydrogens (tertiary/aromatic N) is 2. The van der Waals surface area contributed by atoms with Gasteiger partial charge >= 0.3 is 5.97 Å². The Morgan fingerprint density at radius 1 is 1.50 bits per heavy atom. The minimum Gasteiger partial charge on any atom is -0.461 e. The van der Waals surface area contributed by atoms with E-state index in [0.29, 0.717) is 17.8 Å². The molecule has 0 spiro atoms. The summed E-state index contributed by atoms with van der Waals surface area (Å²) in [5.74, 6) is 0.791. The molecule has 1 aromatic rings. The minimum absolute atomic E-state index is 0.251. The third-order valence-corrected chi connectivity index (χ3v) is 3.87. The second kappa shape index (κ2) is 4.63. The average Bonchev–Trinajstić information content (AvgIpc) is 3.07. The molecule has 18 heavy (non-hydrogen) atoms. The number of esters is 1. The van der Waals surface area contributed by atoms with Crippen molar-refractivity contribution in [2.75, 3.05) is 12.3 Å². The molecule has 0 amide bonds. The van der Waals surface area contributed by atoms with Crippen molar-refractivity contribution >= 4 is 11.8 Å². The molecule has 0 unspecified atom stereocenters. The molecular formula is C13H21N3O2. The molecule has 1 saturated carbocycles. The van der Waals surface area contributed by atoms with Crippen molar-refractivity contribution in [1.29, 1.82) is 0 Å². The van der Waals surface area contributed by atoms with E-state index in [9.17, 15) is 4.79 Å². The summed E-state index contributed by atoms with van der Waals surface area (Å²) in [6, 6.07) is 0. The number of carbonyl (C=O) groups excluding carboxylic acids is 1. The number of aromatic nitrogens is 2. The molecule has 1 fully saturated rings. The third-order valence-electron chi connectivity index (χ3n) is 3.87. The van der Waals surface area contributed by atoms with E-state index in [2.05, 4.69) is 11.9 Å². The van der Waals surface area contributed by atoms with Crippen molar-refractivity contribution in [2.24, 2.45) is 5.41 Å². The van der Waals surface area contributed by atoms with Gasteiger partial charge in [0, 0.05) is 6.54 Å². The van der Waals surface area contributed by atoms with Crippen molar-refractivity contribution < 1.29 is 9.53 Å². The number of hydrogen-bond donors (Lipinski definition) is 1. The van der Waals surface area contributed by atoms with Crippen molar-refractivity contribution in [2.45, 2.75) is 46.6 Å². The zero-order valence-corrected chi connectivity index (χ0v) is 11.3. The second-order valence-corrected chi connectivity index (χ2v) is 5.05. The molecule has 0 saturated heterocycles.